The lowest BCUT2D eigenvalue weighted by molar-refractivity contribution is -0.385. The molecule has 3 aromatic rings. The summed E-state index contributed by atoms with van der Waals surface area (Å²) in [6.45, 7) is -0.442. The fourth-order valence-corrected chi connectivity index (χ4v) is 4.59. The number of rotatable bonds is 10. The van der Waals surface area contributed by atoms with Crippen LogP contribution in [-0.4, -0.2) is 42.9 Å². The van der Waals surface area contributed by atoms with Crippen LogP contribution < -0.4 is 5.43 Å². The van der Waals surface area contributed by atoms with Crippen molar-refractivity contribution < 1.29 is 18.1 Å². The van der Waals surface area contributed by atoms with Crippen LogP contribution in [-0.2, 0) is 21.2 Å². The van der Waals surface area contributed by atoms with Gasteiger partial charge in [-0.3, -0.25) is 14.9 Å². The van der Waals surface area contributed by atoms with E-state index in [4.69, 9.17) is 11.6 Å². The Hall–Kier alpha value is -3.60. The molecular formula is C23H21ClN4O5S. The Morgan fingerprint density at radius 2 is 1.68 bits per heavy atom. The molecule has 34 heavy (non-hydrogen) atoms. The highest BCUT2D eigenvalue weighted by molar-refractivity contribution is 7.89. The van der Waals surface area contributed by atoms with Gasteiger partial charge in [-0.2, -0.15) is 9.41 Å². The lowest BCUT2D eigenvalue weighted by Crippen LogP contribution is -2.40. The number of benzene rings is 3. The number of para-hydroxylation sites is 1. The van der Waals surface area contributed by atoms with Crippen LogP contribution >= 0.6 is 11.6 Å². The van der Waals surface area contributed by atoms with Crippen LogP contribution in [0.2, 0.25) is 5.02 Å². The average Bonchev–Trinajstić information content (AvgIpc) is 2.82. The summed E-state index contributed by atoms with van der Waals surface area (Å²) in [6, 6.07) is 20.8. The number of nitrogens with zero attached hydrogens (tertiary/aromatic N) is 3. The number of halogens is 1. The molecule has 0 spiro atoms. The second-order valence-electron chi connectivity index (χ2n) is 7.14. The van der Waals surface area contributed by atoms with Crippen molar-refractivity contribution in [2.75, 3.05) is 13.1 Å². The third kappa shape index (κ3) is 6.70. The van der Waals surface area contributed by atoms with Gasteiger partial charge in [0.25, 0.3) is 11.6 Å². The van der Waals surface area contributed by atoms with Gasteiger partial charge in [0, 0.05) is 17.6 Å². The van der Waals surface area contributed by atoms with E-state index in [0.29, 0.717) is 11.4 Å². The zero-order valence-electron chi connectivity index (χ0n) is 17.9. The molecule has 0 fully saturated rings. The van der Waals surface area contributed by atoms with E-state index >= 15 is 0 Å². The number of carbonyl (C=O) groups is 1. The third-order valence-corrected chi connectivity index (χ3v) is 6.90. The van der Waals surface area contributed by atoms with Gasteiger partial charge in [-0.05, 0) is 42.3 Å². The van der Waals surface area contributed by atoms with E-state index in [0.717, 1.165) is 16.1 Å². The molecular weight excluding hydrogens is 480 g/mol. The van der Waals surface area contributed by atoms with Crippen molar-refractivity contribution in [1.29, 1.82) is 0 Å². The maximum Gasteiger partial charge on any atom is 0.278 e. The molecule has 0 saturated heterocycles. The Morgan fingerprint density at radius 1 is 1.03 bits per heavy atom. The Labute approximate surface area is 201 Å². The van der Waals surface area contributed by atoms with Gasteiger partial charge >= 0.3 is 0 Å². The van der Waals surface area contributed by atoms with Crippen LogP contribution in [0.25, 0.3) is 0 Å². The van der Waals surface area contributed by atoms with E-state index in [1.54, 1.807) is 6.07 Å². The first kappa shape index (κ1) is 25.0. The Morgan fingerprint density at radius 3 is 2.35 bits per heavy atom. The van der Waals surface area contributed by atoms with Crippen molar-refractivity contribution in [1.82, 2.24) is 9.73 Å². The van der Waals surface area contributed by atoms with E-state index in [1.165, 1.54) is 42.5 Å². The van der Waals surface area contributed by atoms with Gasteiger partial charge in [0.1, 0.15) is 0 Å². The summed E-state index contributed by atoms with van der Waals surface area (Å²) in [5.41, 5.74) is 3.18. The fraction of sp³-hybridized carbons (Fsp3) is 0.130. The lowest BCUT2D eigenvalue weighted by atomic mass is 10.1. The van der Waals surface area contributed by atoms with Gasteiger partial charge in [-0.25, -0.2) is 13.8 Å². The number of sulfonamides is 1. The maximum atomic E-state index is 13.2. The normalized spacial score (nSPS) is 11.6. The van der Waals surface area contributed by atoms with Gasteiger partial charge < -0.3 is 0 Å². The Kier molecular flexibility index (Phi) is 8.47. The molecule has 0 radical (unpaired) electrons. The average molecular weight is 501 g/mol. The van der Waals surface area contributed by atoms with Crippen LogP contribution in [0.3, 0.4) is 0 Å². The standard InChI is InChI=1S/C23H21ClN4O5S/c24-20-10-12-21(13-11-20)34(32,33)27(15-14-18-6-2-1-3-7-18)17-23(29)26-25-16-19-8-4-5-9-22(19)28(30)31/h1-13,16H,14-15,17H2,(H,26,29)/b25-16-. The van der Waals surface area contributed by atoms with Crippen LogP contribution in [0, 0.1) is 10.1 Å². The number of carbonyl (C=O) groups excluding carboxylic acids is 1. The molecule has 11 heteroatoms. The largest absolute Gasteiger partial charge is 0.278 e. The van der Waals surface area contributed by atoms with Crippen molar-refractivity contribution in [3.8, 4) is 0 Å². The number of nitro groups is 1. The predicted molar refractivity (Wildman–Crippen MR) is 129 cm³/mol. The summed E-state index contributed by atoms with van der Waals surface area (Å²) in [7, 11) is -4.01. The molecule has 176 valence electrons. The molecule has 0 aliphatic heterocycles. The van der Waals surface area contributed by atoms with E-state index in [9.17, 15) is 23.3 Å². The van der Waals surface area contributed by atoms with E-state index in [1.807, 2.05) is 30.3 Å². The maximum absolute atomic E-state index is 13.2. The number of nitro benzene ring substituents is 1. The molecule has 0 aliphatic rings. The molecule has 0 heterocycles. The molecule has 1 amide bonds. The minimum atomic E-state index is -4.01. The summed E-state index contributed by atoms with van der Waals surface area (Å²) >= 11 is 5.87. The van der Waals surface area contributed by atoms with Crippen LogP contribution in [0.15, 0.2) is 88.9 Å². The van der Waals surface area contributed by atoms with Gasteiger partial charge in [-0.15, -0.1) is 0 Å². The lowest BCUT2D eigenvalue weighted by Gasteiger charge is -2.21. The number of hydrogen-bond donors (Lipinski definition) is 1. The summed E-state index contributed by atoms with van der Waals surface area (Å²) in [5.74, 6) is -0.694. The van der Waals surface area contributed by atoms with Crippen molar-refractivity contribution in [3.63, 3.8) is 0 Å². The second-order valence-corrected chi connectivity index (χ2v) is 9.51. The minimum absolute atomic E-state index is 0.00109. The van der Waals surface area contributed by atoms with Crippen molar-refractivity contribution in [2.24, 2.45) is 5.10 Å². The Bertz CT molecular complexity index is 1280. The zero-order chi connectivity index (χ0) is 24.6. The third-order valence-electron chi connectivity index (χ3n) is 4.79. The summed E-state index contributed by atoms with van der Waals surface area (Å²) < 4.78 is 27.5. The van der Waals surface area contributed by atoms with Crippen molar-refractivity contribution in [3.05, 3.63) is 105 Å². The first-order chi connectivity index (χ1) is 16.3. The topological polar surface area (TPSA) is 122 Å². The zero-order valence-corrected chi connectivity index (χ0v) is 19.4. The quantitative estimate of drug-likeness (QED) is 0.259. The van der Waals surface area contributed by atoms with Gasteiger partial charge in [0.2, 0.25) is 10.0 Å². The molecule has 3 rings (SSSR count). The van der Waals surface area contributed by atoms with Crippen LogP contribution in [0.5, 0.6) is 0 Å². The monoisotopic (exact) mass is 500 g/mol. The number of amides is 1. The summed E-state index contributed by atoms with van der Waals surface area (Å²) in [5, 5.41) is 15.2. The van der Waals surface area contributed by atoms with Crippen LogP contribution in [0.1, 0.15) is 11.1 Å². The molecule has 0 unspecified atom stereocenters. The highest BCUT2D eigenvalue weighted by Crippen LogP contribution is 2.19. The highest BCUT2D eigenvalue weighted by Gasteiger charge is 2.26. The SMILES string of the molecule is O=C(CN(CCc1ccccc1)S(=O)(=O)c1ccc(Cl)cc1)N/N=C\c1ccccc1[N+](=O)[O-]. The molecule has 0 atom stereocenters. The molecule has 0 bridgehead atoms. The molecule has 0 aromatic heterocycles. The number of hydrazone groups is 1. The van der Waals surface area contributed by atoms with E-state index < -0.39 is 27.4 Å². The van der Waals surface area contributed by atoms with Gasteiger partial charge in [0.15, 0.2) is 0 Å². The van der Waals surface area contributed by atoms with Gasteiger partial charge in [-0.1, -0.05) is 54.1 Å². The first-order valence-corrected chi connectivity index (χ1v) is 11.9. The van der Waals surface area contributed by atoms with Crippen molar-refractivity contribution >= 4 is 39.4 Å². The summed E-state index contributed by atoms with van der Waals surface area (Å²) in [4.78, 5) is 23.1. The summed E-state index contributed by atoms with van der Waals surface area (Å²) in [6.07, 6.45) is 1.53. The molecule has 0 aliphatic carbocycles. The fourth-order valence-electron chi connectivity index (χ4n) is 3.07. The first-order valence-electron chi connectivity index (χ1n) is 10.1. The molecule has 1 N–H and O–H groups in total. The number of nitrogens with one attached hydrogen (secondary N) is 1. The smallest absolute Gasteiger partial charge is 0.272 e. The number of hydrogen-bond acceptors (Lipinski definition) is 6. The molecule has 0 saturated carbocycles. The molecule has 3 aromatic carbocycles. The van der Waals surface area contributed by atoms with Gasteiger partial charge in [0.05, 0.1) is 28.1 Å². The minimum Gasteiger partial charge on any atom is -0.272 e. The van der Waals surface area contributed by atoms with E-state index in [2.05, 4.69) is 10.5 Å². The van der Waals surface area contributed by atoms with Crippen molar-refractivity contribution in [2.45, 2.75) is 11.3 Å². The van der Waals surface area contributed by atoms with E-state index in [-0.39, 0.29) is 22.7 Å². The second kappa shape index (κ2) is 11.5. The molecule has 9 nitrogen and oxygen atoms in total. The predicted octanol–water partition coefficient (Wildman–Crippen LogP) is 3.63. The highest BCUT2D eigenvalue weighted by atomic mass is 35.5. The Balaban J connectivity index is 1.75. The van der Waals surface area contributed by atoms with Crippen LogP contribution in [0.4, 0.5) is 5.69 Å².